The fourth-order valence-corrected chi connectivity index (χ4v) is 2.06. The Hall–Kier alpha value is -0.0900. The third-order valence-corrected chi connectivity index (χ3v) is 3.57. The van der Waals surface area contributed by atoms with Crippen molar-refractivity contribution < 1.29 is 8.42 Å². The molecular formula is C8H19NO2S. The van der Waals surface area contributed by atoms with Crippen LogP contribution >= 0.6 is 0 Å². The summed E-state index contributed by atoms with van der Waals surface area (Å²) in [5.74, 6) is 0.495. The van der Waals surface area contributed by atoms with Gasteiger partial charge in [0.15, 0.2) is 9.84 Å². The first-order valence-electron chi connectivity index (χ1n) is 4.45. The molecule has 0 spiro atoms. The zero-order valence-electron chi connectivity index (χ0n) is 8.13. The largest absolute Gasteiger partial charge is 0.313 e. The maximum Gasteiger partial charge on any atom is 0.151 e. The van der Waals surface area contributed by atoms with Crippen LogP contribution in [0.5, 0.6) is 0 Å². The van der Waals surface area contributed by atoms with Crippen molar-refractivity contribution in [1.29, 1.82) is 0 Å². The van der Waals surface area contributed by atoms with Crippen LogP contribution in [0.25, 0.3) is 0 Å². The topological polar surface area (TPSA) is 46.2 Å². The van der Waals surface area contributed by atoms with Crippen molar-refractivity contribution in [1.82, 2.24) is 5.32 Å². The Balaban J connectivity index is 3.76. The number of nitrogens with one attached hydrogen (secondary N) is 1. The lowest BCUT2D eigenvalue weighted by molar-refractivity contribution is 0.556. The molecule has 0 aliphatic carbocycles. The highest BCUT2D eigenvalue weighted by Crippen LogP contribution is 1.94. The van der Waals surface area contributed by atoms with E-state index >= 15 is 0 Å². The summed E-state index contributed by atoms with van der Waals surface area (Å²) in [5.41, 5.74) is 0. The number of hydrogen-bond acceptors (Lipinski definition) is 3. The molecule has 0 saturated heterocycles. The van der Waals surface area contributed by atoms with E-state index in [1.807, 2.05) is 6.92 Å². The van der Waals surface area contributed by atoms with Crippen molar-refractivity contribution in [3.05, 3.63) is 0 Å². The molecule has 0 bridgehead atoms. The molecule has 0 aromatic rings. The maximum atomic E-state index is 11.1. The third kappa shape index (κ3) is 5.55. The van der Waals surface area contributed by atoms with Crippen molar-refractivity contribution in [3.63, 3.8) is 0 Å². The van der Waals surface area contributed by atoms with Crippen molar-refractivity contribution in [2.24, 2.45) is 0 Å². The minimum Gasteiger partial charge on any atom is -0.313 e. The monoisotopic (exact) mass is 193 g/mol. The van der Waals surface area contributed by atoms with Crippen molar-refractivity contribution in [3.8, 4) is 0 Å². The fraction of sp³-hybridized carbons (Fsp3) is 1.00. The Labute approximate surface area is 75.5 Å². The molecule has 0 aromatic carbocycles. The summed E-state index contributed by atoms with van der Waals surface area (Å²) in [5, 5.41) is 3.14. The zero-order chi connectivity index (χ0) is 9.61. The Bertz CT molecular complexity index is 199. The Kier molecular flexibility index (Phi) is 5.50. The molecule has 12 heavy (non-hydrogen) atoms. The molecule has 4 heteroatoms. The molecule has 1 unspecified atom stereocenters. The summed E-state index contributed by atoms with van der Waals surface area (Å²) in [6.07, 6.45) is 1.04. The molecule has 0 amide bonds. The first-order chi connectivity index (χ1) is 5.52. The molecule has 1 N–H and O–H groups in total. The van der Waals surface area contributed by atoms with Gasteiger partial charge in [-0.15, -0.1) is 0 Å². The van der Waals surface area contributed by atoms with Crippen molar-refractivity contribution in [2.75, 3.05) is 18.1 Å². The van der Waals surface area contributed by atoms with Crippen molar-refractivity contribution in [2.45, 2.75) is 33.2 Å². The van der Waals surface area contributed by atoms with Gasteiger partial charge in [-0.3, -0.25) is 0 Å². The number of hydrogen-bond donors (Lipinski definition) is 1. The zero-order valence-corrected chi connectivity index (χ0v) is 8.95. The van der Waals surface area contributed by atoms with Gasteiger partial charge in [-0.05, 0) is 19.9 Å². The van der Waals surface area contributed by atoms with E-state index in [1.54, 1.807) is 6.92 Å². The van der Waals surface area contributed by atoms with E-state index in [4.69, 9.17) is 0 Å². The molecule has 0 aromatic heterocycles. The van der Waals surface area contributed by atoms with Crippen LogP contribution < -0.4 is 5.32 Å². The summed E-state index contributed by atoms with van der Waals surface area (Å²) in [6, 6.07) is 0.0786. The smallest absolute Gasteiger partial charge is 0.151 e. The molecule has 3 nitrogen and oxygen atoms in total. The first-order valence-corrected chi connectivity index (χ1v) is 6.27. The van der Waals surface area contributed by atoms with Crippen LogP contribution in [0.1, 0.15) is 27.2 Å². The lowest BCUT2D eigenvalue weighted by Gasteiger charge is -2.12. The second-order valence-electron chi connectivity index (χ2n) is 3.05. The summed E-state index contributed by atoms with van der Waals surface area (Å²) in [4.78, 5) is 0. The standard InChI is InChI=1S/C8H19NO2S/c1-4-6-9-8(3)7-12(10,11)5-2/h8-9H,4-7H2,1-3H3. The molecule has 0 fully saturated rings. The van der Waals surface area contributed by atoms with Gasteiger partial charge in [-0.1, -0.05) is 13.8 Å². The summed E-state index contributed by atoms with van der Waals surface area (Å²) in [6.45, 7) is 6.54. The average molecular weight is 193 g/mol. The average Bonchev–Trinajstić information content (AvgIpc) is 2.00. The van der Waals surface area contributed by atoms with Gasteiger partial charge >= 0.3 is 0 Å². The van der Waals surface area contributed by atoms with E-state index in [2.05, 4.69) is 12.2 Å². The predicted molar refractivity (Wildman–Crippen MR) is 52.1 cm³/mol. The highest BCUT2D eigenvalue weighted by molar-refractivity contribution is 7.91. The third-order valence-electron chi connectivity index (χ3n) is 1.69. The molecule has 0 saturated carbocycles. The maximum absolute atomic E-state index is 11.1. The lowest BCUT2D eigenvalue weighted by Crippen LogP contribution is -2.33. The van der Waals surface area contributed by atoms with Gasteiger partial charge in [0.1, 0.15) is 0 Å². The minimum absolute atomic E-state index is 0.0786. The molecule has 1 atom stereocenters. The molecule has 0 heterocycles. The van der Waals surface area contributed by atoms with Crippen LogP contribution in [0.4, 0.5) is 0 Å². The van der Waals surface area contributed by atoms with Crippen LogP contribution in [0.15, 0.2) is 0 Å². The Morgan fingerprint density at radius 3 is 2.33 bits per heavy atom. The van der Waals surface area contributed by atoms with Crippen LogP contribution in [0, 0.1) is 0 Å². The molecule has 0 aliphatic rings. The Morgan fingerprint density at radius 2 is 1.92 bits per heavy atom. The molecule has 74 valence electrons. The highest BCUT2D eigenvalue weighted by atomic mass is 32.2. The minimum atomic E-state index is -2.81. The van der Waals surface area contributed by atoms with Gasteiger partial charge in [-0.25, -0.2) is 8.42 Å². The van der Waals surface area contributed by atoms with Crippen LogP contribution in [-0.4, -0.2) is 32.5 Å². The van der Waals surface area contributed by atoms with E-state index in [0.29, 0.717) is 0 Å². The van der Waals surface area contributed by atoms with Gasteiger partial charge in [0.05, 0.1) is 5.75 Å². The van der Waals surface area contributed by atoms with Gasteiger partial charge in [0.25, 0.3) is 0 Å². The van der Waals surface area contributed by atoms with Crippen molar-refractivity contribution >= 4 is 9.84 Å². The van der Waals surface area contributed by atoms with E-state index in [1.165, 1.54) is 0 Å². The quantitative estimate of drug-likeness (QED) is 0.679. The van der Waals surface area contributed by atoms with Crippen LogP contribution in [0.3, 0.4) is 0 Å². The number of rotatable bonds is 6. The summed E-state index contributed by atoms with van der Waals surface area (Å²) < 4.78 is 22.3. The second kappa shape index (κ2) is 5.54. The van der Waals surface area contributed by atoms with E-state index < -0.39 is 9.84 Å². The number of sulfone groups is 1. The fourth-order valence-electron chi connectivity index (χ4n) is 0.948. The normalized spacial score (nSPS) is 14.6. The van der Waals surface area contributed by atoms with E-state index in [0.717, 1.165) is 13.0 Å². The second-order valence-corrected chi connectivity index (χ2v) is 5.45. The molecular weight excluding hydrogens is 174 g/mol. The van der Waals surface area contributed by atoms with E-state index in [-0.39, 0.29) is 17.5 Å². The first kappa shape index (κ1) is 11.9. The summed E-state index contributed by atoms with van der Waals surface area (Å²) >= 11 is 0. The molecule has 0 radical (unpaired) electrons. The van der Waals surface area contributed by atoms with Gasteiger partial charge < -0.3 is 5.32 Å². The SMILES string of the molecule is CCCNC(C)CS(=O)(=O)CC. The predicted octanol–water partition coefficient (Wildman–Crippen LogP) is 0.809. The highest BCUT2D eigenvalue weighted by Gasteiger charge is 2.12. The van der Waals surface area contributed by atoms with Crippen LogP contribution in [0.2, 0.25) is 0 Å². The summed E-state index contributed by atoms with van der Waals surface area (Å²) in [7, 11) is -2.81. The molecule has 0 rings (SSSR count). The Morgan fingerprint density at radius 1 is 1.33 bits per heavy atom. The van der Waals surface area contributed by atoms with Gasteiger partial charge in [-0.2, -0.15) is 0 Å². The van der Waals surface area contributed by atoms with Crippen LogP contribution in [-0.2, 0) is 9.84 Å². The lowest BCUT2D eigenvalue weighted by atomic mass is 10.3. The van der Waals surface area contributed by atoms with E-state index in [9.17, 15) is 8.42 Å². The van der Waals surface area contributed by atoms with Gasteiger partial charge in [0.2, 0.25) is 0 Å². The molecule has 0 aliphatic heterocycles. The van der Waals surface area contributed by atoms with Gasteiger partial charge in [0, 0.05) is 11.8 Å².